The Morgan fingerprint density at radius 1 is 0.689 bits per heavy atom. The number of halogens is 1. The Morgan fingerprint density at radius 2 is 1.07 bits per heavy atom. The minimum absolute atomic E-state index is 0.172. The fraction of sp³-hybridized carbons (Fsp3) is 0.342. The normalized spacial score (nSPS) is 10.9. The number of phenolic OH excluding ortho intramolecular Hbond substituents is 1. The van der Waals surface area contributed by atoms with Gasteiger partial charge in [-0.25, -0.2) is 0 Å². The lowest BCUT2D eigenvalue weighted by atomic mass is 9.99. The highest BCUT2D eigenvalue weighted by Gasteiger charge is 2.44. The van der Waals surface area contributed by atoms with Crippen LogP contribution >= 0.6 is 23.2 Å². The number of benzene rings is 4. The van der Waals surface area contributed by atoms with E-state index in [0.29, 0.717) is 11.5 Å². The van der Waals surface area contributed by atoms with Gasteiger partial charge in [0.25, 0.3) is 0 Å². The molecule has 0 aliphatic heterocycles. The lowest BCUT2D eigenvalue weighted by Crippen LogP contribution is -2.33. The molecular formula is C38H46BrO5P. The van der Waals surface area contributed by atoms with Gasteiger partial charge in [-0.2, -0.15) is 0 Å². The molecule has 0 bridgehead atoms. The van der Waals surface area contributed by atoms with Crippen molar-refractivity contribution in [2.45, 2.75) is 64.7 Å². The van der Waals surface area contributed by atoms with Crippen LogP contribution in [0.25, 0.3) is 0 Å². The molecule has 4 aromatic rings. The van der Waals surface area contributed by atoms with E-state index in [2.05, 4.69) is 107 Å². The Labute approximate surface area is 278 Å². The topological polar surface area (TPSA) is 78.8 Å². The van der Waals surface area contributed by atoms with Crippen molar-refractivity contribution in [3.05, 3.63) is 107 Å². The number of unbranched alkanes of at least 4 members (excludes halogenated alkanes) is 7. The van der Waals surface area contributed by atoms with Gasteiger partial charge >= 0.3 is 0 Å². The molecule has 0 saturated heterocycles. The summed E-state index contributed by atoms with van der Waals surface area (Å²) in [5.74, 6) is 1.13. The van der Waals surface area contributed by atoms with Gasteiger partial charge in [0.2, 0.25) is 5.75 Å². The van der Waals surface area contributed by atoms with Crippen molar-refractivity contribution in [2.75, 3.05) is 20.4 Å². The molecule has 0 atom stereocenters. The van der Waals surface area contributed by atoms with Crippen LogP contribution in [0.2, 0.25) is 0 Å². The highest BCUT2D eigenvalue weighted by Crippen LogP contribution is 2.56. The molecule has 4 rings (SSSR count). The average molecular weight is 694 g/mol. The zero-order valence-electron chi connectivity index (χ0n) is 26.7. The summed E-state index contributed by atoms with van der Waals surface area (Å²) in [5.41, 5.74) is 1.96. The summed E-state index contributed by atoms with van der Waals surface area (Å²) in [6.45, 7) is 1.45. The highest BCUT2D eigenvalue weighted by atomic mass is 79.9. The van der Waals surface area contributed by atoms with Gasteiger partial charge in [0.1, 0.15) is 23.2 Å². The first-order chi connectivity index (χ1) is 22.0. The quantitative estimate of drug-likeness (QED) is 0.0748. The molecule has 0 unspecified atom stereocenters. The van der Waals surface area contributed by atoms with Gasteiger partial charge in [-0.3, -0.25) is 0 Å². The Kier molecular flexibility index (Phi) is 15.4. The van der Waals surface area contributed by atoms with Crippen molar-refractivity contribution in [3.8, 4) is 17.2 Å². The van der Waals surface area contributed by atoms with Gasteiger partial charge < -0.3 is 24.5 Å². The lowest BCUT2D eigenvalue weighted by Gasteiger charge is -2.27. The van der Waals surface area contributed by atoms with Gasteiger partial charge in [0.15, 0.2) is 11.5 Å². The van der Waals surface area contributed by atoms with Crippen LogP contribution in [0.15, 0.2) is 95.5 Å². The first-order valence-electron chi connectivity index (χ1n) is 15.7. The van der Waals surface area contributed by atoms with Crippen LogP contribution in [0, 0.1) is 6.92 Å². The molecule has 0 spiro atoms. The molecule has 0 amide bonds. The molecular weight excluding hydrogens is 647 g/mol. The summed E-state index contributed by atoms with van der Waals surface area (Å²) >= 11 is 3.68. The van der Waals surface area contributed by atoms with Gasteiger partial charge in [0.05, 0.1) is 24.9 Å². The van der Waals surface area contributed by atoms with E-state index in [0.717, 1.165) is 28.4 Å². The third-order valence-corrected chi connectivity index (χ3v) is 13.7. The van der Waals surface area contributed by atoms with E-state index in [1.165, 1.54) is 67.0 Å². The van der Waals surface area contributed by atoms with Crippen LogP contribution in [0.1, 0.15) is 62.5 Å². The number of phenols is 1. The predicted octanol–water partition coefficient (Wildman–Crippen LogP) is 7.50. The van der Waals surface area contributed by atoms with Gasteiger partial charge in [-0.05, 0) is 96.1 Å². The zero-order chi connectivity index (χ0) is 32.5. The first kappa shape index (κ1) is 36.1. The number of carboxylic acid groups (broad SMARTS) is 1. The molecule has 0 aliphatic rings. The van der Waals surface area contributed by atoms with Crippen molar-refractivity contribution < 1.29 is 24.5 Å². The van der Waals surface area contributed by atoms with Crippen molar-refractivity contribution in [2.24, 2.45) is 0 Å². The average Bonchev–Trinajstić information content (AvgIpc) is 3.08. The number of rotatable bonds is 16. The predicted molar refractivity (Wildman–Crippen MR) is 190 cm³/mol. The van der Waals surface area contributed by atoms with Crippen LogP contribution in [0.3, 0.4) is 0 Å². The van der Waals surface area contributed by atoms with Crippen LogP contribution in [0.5, 0.6) is 17.2 Å². The summed E-state index contributed by atoms with van der Waals surface area (Å²) in [7, 11) is 1.44. The molecule has 4 aromatic carbocycles. The number of carbonyl (C=O) groups excluding carboxylic acids is 1. The molecule has 0 saturated carbocycles. The fourth-order valence-electron chi connectivity index (χ4n) is 6.08. The summed E-state index contributed by atoms with van der Waals surface area (Å²) in [4.78, 5) is 8.25. The second kappa shape index (κ2) is 19.2. The third kappa shape index (κ3) is 9.34. The minimum Gasteiger partial charge on any atom is -0.554 e. The minimum atomic E-state index is -1.71. The van der Waals surface area contributed by atoms with E-state index >= 15 is 0 Å². The summed E-state index contributed by atoms with van der Waals surface area (Å²) < 4.78 is 11.8. The standard InChI is InChI=1S/C37H44BrO3P.CH2O2/c1-29-33(34(38)36(40-2)37(41-3)35(29)39)27-19-8-6-4-5-7-9-20-28-42(30-21-13-10-14-22-30,31-23-15-11-16-24-31)32-25-17-12-18-26-32;2-1-3/h10-18,21-26H,4-9,19-20,27-28H2,1-3H3;1H,(H,2,3). The van der Waals surface area contributed by atoms with E-state index in [4.69, 9.17) is 19.4 Å². The van der Waals surface area contributed by atoms with Gasteiger partial charge in [-0.1, -0.05) is 86.7 Å². The molecule has 1 N–H and O–H groups in total. The van der Waals surface area contributed by atoms with E-state index in [1.54, 1.807) is 14.2 Å². The van der Waals surface area contributed by atoms with Crippen LogP contribution in [-0.4, -0.2) is 32.0 Å². The maximum atomic E-state index is 10.6. The van der Waals surface area contributed by atoms with E-state index < -0.39 is 13.7 Å². The number of carbonyl (C=O) groups is 1. The third-order valence-electron chi connectivity index (χ3n) is 8.36. The second-order valence-electron chi connectivity index (χ2n) is 11.0. The molecule has 5 nitrogen and oxygen atoms in total. The molecule has 240 valence electrons. The molecule has 0 aromatic heterocycles. The largest absolute Gasteiger partial charge is 0.554 e. The smallest absolute Gasteiger partial charge is 0.204 e. The van der Waals surface area contributed by atoms with Crippen molar-refractivity contribution >= 4 is 45.6 Å². The maximum Gasteiger partial charge on any atom is 0.204 e. The Balaban J connectivity index is 0.00000177. The number of aromatic hydroxyl groups is 1. The SMILES string of the molecule is COc1c(O)c(C)c(CCCCCCCCCC[P+](c2ccccc2)(c2ccccc2)c2ccccc2)c(Br)c1OC.O=C[O-]. The van der Waals surface area contributed by atoms with Crippen molar-refractivity contribution in [3.63, 3.8) is 0 Å². The fourth-order valence-corrected chi connectivity index (χ4v) is 11.3. The molecule has 0 aliphatic carbocycles. The summed E-state index contributed by atoms with van der Waals surface area (Å²) in [6.07, 6.45) is 12.0. The van der Waals surface area contributed by atoms with Crippen molar-refractivity contribution in [1.29, 1.82) is 0 Å². The summed E-state index contributed by atoms with van der Waals surface area (Å²) in [6, 6.07) is 33.6. The molecule has 7 heteroatoms. The van der Waals surface area contributed by atoms with E-state index in [-0.39, 0.29) is 5.75 Å². The Hall–Kier alpha value is -3.34. The highest BCUT2D eigenvalue weighted by molar-refractivity contribution is 9.10. The number of hydrogen-bond donors (Lipinski definition) is 1. The number of hydrogen-bond acceptors (Lipinski definition) is 5. The van der Waals surface area contributed by atoms with E-state index in [1.807, 2.05) is 6.92 Å². The summed E-state index contributed by atoms with van der Waals surface area (Å²) in [5, 5.41) is 23.3. The Morgan fingerprint density at radius 3 is 1.47 bits per heavy atom. The molecule has 0 fully saturated rings. The zero-order valence-corrected chi connectivity index (χ0v) is 29.2. The monoisotopic (exact) mass is 692 g/mol. The second-order valence-corrected chi connectivity index (χ2v) is 15.5. The number of ether oxygens (including phenoxy) is 2. The van der Waals surface area contributed by atoms with Gasteiger partial charge in [-0.15, -0.1) is 0 Å². The molecule has 0 radical (unpaired) electrons. The Bertz CT molecular complexity index is 1330. The van der Waals surface area contributed by atoms with Crippen molar-refractivity contribution in [1.82, 2.24) is 0 Å². The van der Waals surface area contributed by atoms with Crippen LogP contribution < -0.4 is 30.5 Å². The lowest BCUT2D eigenvalue weighted by molar-refractivity contribution is -0.283. The van der Waals surface area contributed by atoms with E-state index in [9.17, 15) is 5.11 Å². The van der Waals surface area contributed by atoms with Crippen LogP contribution in [0.4, 0.5) is 0 Å². The number of methoxy groups -OCH3 is 2. The maximum absolute atomic E-state index is 10.6. The molecule has 0 heterocycles. The molecule has 45 heavy (non-hydrogen) atoms. The first-order valence-corrected chi connectivity index (χ1v) is 18.4. The van der Waals surface area contributed by atoms with Crippen LogP contribution in [-0.2, 0) is 11.2 Å². The van der Waals surface area contributed by atoms with Gasteiger partial charge in [0, 0.05) is 6.47 Å².